The molecule has 138 valence electrons. The van der Waals surface area contributed by atoms with Crippen LogP contribution in [0.3, 0.4) is 0 Å². The first-order valence-corrected chi connectivity index (χ1v) is 9.00. The molecule has 2 N–H and O–H groups in total. The number of piperidine rings is 1. The van der Waals surface area contributed by atoms with Crippen molar-refractivity contribution >= 4 is 23.3 Å². The Labute approximate surface area is 154 Å². The number of carbonyl (C=O) groups is 1. The van der Waals surface area contributed by atoms with E-state index in [-0.39, 0.29) is 11.3 Å². The van der Waals surface area contributed by atoms with Crippen LogP contribution in [0.4, 0.5) is 17.3 Å². The van der Waals surface area contributed by atoms with Crippen LogP contribution in [-0.4, -0.2) is 34.1 Å². The summed E-state index contributed by atoms with van der Waals surface area (Å²) in [5, 5.41) is 12.4. The molecule has 0 saturated carbocycles. The summed E-state index contributed by atoms with van der Waals surface area (Å²) in [4.78, 5) is 21.9. The first-order chi connectivity index (χ1) is 12.3. The molecule has 0 atom stereocenters. The number of rotatable bonds is 4. The van der Waals surface area contributed by atoms with Crippen molar-refractivity contribution in [3.63, 3.8) is 0 Å². The highest BCUT2D eigenvalue weighted by Gasteiger charge is 2.25. The van der Waals surface area contributed by atoms with Gasteiger partial charge in [-0.1, -0.05) is 32.9 Å². The van der Waals surface area contributed by atoms with Gasteiger partial charge in [-0.05, 0) is 36.0 Å². The van der Waals surface area contributed by atoms with E-state index in [1.54, 1.807) is 6.33 Å². The van der Waals surface area contributed by atoms with Crippen LogP contribution < -0.4 is 10.2 Å². The lowest BCUT2D eigenvalue weighted by Crippen LogP contribution is -2.36. The maximum atomic E-state index is 11.1. The van der Waals surface area contributed by atoms with Crippen LogP contribution in [0.25, 0.3) is 0 Å². The van der Waals surface area contributed by atoms with Crippen molar-refractivity contribution in [2.24, 2.45) is 5.92 Å². The van der Waals surface area contributed by atoms with Crippen molar-refractivity contribution in [2.45, 2.75) is 39.0 Å². The summed E-state index contributed by atoms with van der Waals surface area (Å²) < 4.78 is 0. The first kappa shape index (κ1) is 18.2. The highest BCUT2D eigenvalue weighted by atomic mass is 16.4. The fraction of sp³-hybridized carbons (Fsp3) is 0.450. The SMILES string of the molecule is CC(C)(C)c1ccc(Nc2cc(N3CCC(C(=O)O)CC3)ncn2)cc1. The topological polar surface area (TPSA) is 78.4 Å². The smallest absolute Gasteiger partial charge is 0.306 e. The maximum absolute atomic E-state index is 11.1. The molecular formula is C20H26N4O2. The molecule has 1 aromatic carbocycles. The van der Waals surface area contributed by atoms with E-state index < -0.39 is 5.97 Å². The molecule has 6 nitrogen and oxygen atoms in total. The molecule has 1 aromatic heterocycles. The largest absolute Gasteiger partial charge is 0.481 e. The second kappa shape index (κ2) is 7.32. The summed E-state index contributed by atoms with van der Waals surface area (Å²) in [7, 11) is 0. The molecule has 0 radical (unpaired) electrons. The van der Waals surface area contributed by atoms with E-state index in [4.69, 9.17) is 5.11 Å². The average Bonchev–Trinajstić information content (AvgIpc) is 2.62. The monoisotopic (exact) mass is 354 g/mol. The lowest BCUT2D eigenvalue weighted by Gasteiger charge is -2.31. The number of aromatic nitrogens is 2. The van der Waals surface area contributed by atoms with Crippen LogP contribution in [0.15, 0.2) is 36.7 Å². The number of anilines is 3. The van der Waals surface area contributed by atoms with Crippen LogP contribution in [0, 0.1) is 5.92 Å². The Balaban J connectivity index is 1.67. The average molecular weight is 354 g/mol. The predicted molar refractivity (Wildman–Crippen MR) is 103 cm³/mol. The number of benzene rings is 1. The van der Waals surface area contributed by atoms with Gasteiger partial charge in [0, 0.05) is 24.8 Å². The summed E-state index contributed by atoms with van der Waals surface area (Å²) >= 11 is 0. The fourth-order valence-corrected chi connectivity index (χ4v) is 3.15. The molecule has 0 spiro atoms. The number of hydrogen-bond acceptors (Lipinski definition) is 5. The molecule has 26 heavy (non-hydrogen) atoms. The van der Waals surface area contributed by atoms with Gasteiger partial charge in [-0.25, -0.2) is 9.97 Å². The van der Waals surface area contributed by atoms with Gasteiger partial charge >= 0.3 is 5.97 Å². The summed E-state index contributed by atoms with van der Waals surface area (Å²) in [5.74, 6) is 0.622. The molecule has 0 unspecified atom stereocenters. The molecule has 1 saturated heterocycles. The van der Waals surface area contributed by atoms with Gasteiger partial charge in [0.25, 0.3) is 0 Å². The van der Waals surface area contributed by atoms with Crippen molar-refractivity contribution in [3.05, 3.63) is 42.2 Å². The number of nitrogens with zero attached hydrogens (tertiary/aromatic N) is 3. The summed E-state index contributed by atoms with van der Waals surface area (Å²) in [6.45, 7) is 7.99. The van der Waals surface area contributed by atoms with Gasteiger partial charge in [0.05, 0.1) is 5.92 Å². The Morgan fingerprint density at radius 2 is 1.81 bits per heavy atom. The van der Waals surface area contributed by atoms with Gasteiger partial charge in [0.15, 0.2) is 0 Å². The Hall–Kier alpha value is -2.63. The maximum Gasteiger partial charge on any atom is 0.306 e. The summed E-state index contributed by atoms with van der Waals surface area (Å²) in [6, 6.07) is 10.3. The van der Waals surface area contributed by atoms with Crippen molar-refractivity contribution in [2.75, 3.05) is 23.3 Å². The summed E-state index contributed by atoms with van der Waals surface area (Å²) in [6.07, 6.45) is 2.84. The molecule has 1 aliphatic rings. The van der Waals surface area contributed by atoms with E-state index >= 15 is 0 Å². The number of hydrogen-bond donors (Lipinski definition) is 2. The molecule has 3 rings (SSSR count). The molecule has 0 aliphatic carbocycles. The summed E-state index contributed by atoms with van der Waals surface area (Å²) in [5.41, 5.74) is 2.39. The molecule has 2 aromatic rings. The quantitative estimate of drug-likeness (QED) is 0.869. The standard InChI is InChI=1S/C20H26N4O2/c1-20(2,3)15-4-6-16(7-5-15)23-17-12-18(22-13-21-17)24-10-8-14(9-11-24)19(25)26/h4-7,12-14H,8-11H2,1-3H3,(H,25,26)(H,21,22,23). The Morgan fingerprint density at radius 1 is 1.15 bits per heavy atom. The predicted octanol–water partition coefficient (Wildman–Crippen LogP) is 3.82. The van der Waals surface area contributed by atoms with Crippen molar-refractivity contribution in [3.8, 4) is 0 Å². The fourth-order valence-electron chi connectivity index (χ4n) is 3.15. The third kappa shape index (κ3) is 4.31. The van der Waals surface area contributed by atoms with Crippen LogP contribution in [0.2, 0.25) is 0 Å². The number of carboxylic acids is 1. The minimum atomic E-state index is -0.701. The Kier molecular flexibility index (Phi) is 5.11. The second-order valence-corrected chi connectivity index (χ2v) is 7.81. The van der Waals surface area contributed by atoms with Gasteiger partial charge in [0.2, 0.25) is 0 Å². The lowest BCUT2D eigenvalue weighted by atomic mass is 9.87. The van der Waals surface area contributed by atoms with Gasteiger partial charge in [0.1, 0.15) is 18.0 Å². The third-order valence-electron chi connectivity index (χ3n) is 4.84. The zero-order valence-corrected chi connectivity index (χ0v) is 15.6. The van der Waals surface area contributed by atoms with E-state index in [1.807, 2.05) is 6.07 Å². The molecule has 1 aliphatic heterocycles. The Bertz CT molecular complexity index is 760. The molecular weight excluding hydrogens is 328 g/mol. The molecule has 0 amide bonds. The van der Waals surface area contributed by atoms with Crippen molar-refractivity contribution < 1.29 is 9.90 Å². The minimum Gasteiger partial charge on any atom is -0.481 e. The Morgan fingerprint density at radius 3 is 2.38 bits per heavy atom. The van der Waals surface area contributed by atoms with E-state index in [2.05, 4.69) is 65.2 Å². The molecule has 6 heteroatoms. The van der Waals surface area contributed by atoms with Gasteiger partial charge in [-0.2, -0.15) is 0 Å². The molecule has 2 heterocycles. The van der Waals surface area contributed by atoms with Gasteiger partial charge in [-0.15, -0.1) is 0 Å². The molecule has 0 bridgehead atoms. The van der Waals surface area contributed by atoms with E-state index in [1.165, 1.54) is 5.56 Å². The van der Waals surface area contributed by atoms with Gasteiger partial charge in [-0.3, -0.25) is 4.79 Å². The van der Waals surface area contributed by atoms with Crippen LogP contribution in [-0.2, 0) is 10.2 Å². The van der Waals surface area contributed by atoms with E-state index in [0.717, 1.165) is 17.3 Å². The van der Waals surface area contributed by atoms with E-state index in [9.17, 15) is 4.79 Å². The normalized spacial score (nSPS) is 15.7. The van der Waals surface area contributed by atoms with Crippen LogP contribution >= 0.6 is 0 Å². The van der Waals surface area contributed by atoms with Crippen molar-refractivity contribution in [1.82, 2.24) is 9.97 Å². The zero-order chi connectivity index (χ0) is 18.7. The first-order valence-electron chi connectivity index (χ1n) is 9.00. The minimum absolute atomic E-state index is 0.128. The lowest BCUT2D eigenvalue weighted by molar-refractivity contribution is -0.142. The second-order valence-electron chi connectivity index (χ2n) is 7.81. The van der Waals surface area contributed by atoms with Crippen molar-refractivity contribution in [1.29, 1.82) is 0 Å². The highest BCUT2D eigenvalue weighted by Crippen LogP contribution is 2.26. The zero-order valence-electron chi connectivity index (χ0n) is 15.6. The molecule has 1 fully saturated rings. The number of nitrogens with one attached hydrogen (secondary N) is 1. The number of aliphatic carboxylic acids is 1. The third-order valence-corrected chi connectivity index (χ3v) is 4.84. The van der Waals surface area contributed by atoms with E-state index in [0.29, 0.717) is 25.9 Å². The van der Waals surface area contributed by atoms with Gasteiger partial charge < -0.3 is 15.3 Å². The van der Waals surface area contributed by atoms with Crippen LogP contribution in [0.5, 0.6) is 0 Å². The van der Waals surface area contributed by atoms with Crippen LogP contribution in [0.1, 0.15) is 39.2 Å². The number of carboxylic acid groups (broad SMARTS) is 1. The highest BCUT2D eigenvalue weighted by molar-refractivity contribution is 5.70.